The molecule has 0 bridgehead atoms. The predicted molar refractivity (Wildman–Crippen MR) is 100 cm³/mol. The number of hydrogen-bond donors (Lipinski definition) is 1. The number of carbonyl (C=O) groups is 2. The van der Waals surface area contributed by atoms with Gasteiger partial charge in [-0.2, -0.15) is 0 Å². The van der Waals surface area contributed by atoms with E-state index in [9.17, 15) is 9.59 Å². The summed E-state index contributed by atoms with van der Waals surface area (Å²) in [7, 11) is 1.34. The fraction of sp³-hybridized carbons (Fsp3) is 0.333. The van der Waals surface area contributed by atoms with Gasteiger partial charge in [0.05, 0.1) is 13.7 Å². The zero-order chi connectivity index (χ0) is 18.8. The summed E-state index contributed by atoms with van der Waals surface area (Å²) < 4.78 is 10.4. The highest BCUT2D eigenvalue weighted by atomic mass is 16.6. The van der Waals surface area contributed by atoms with Gasteiger partial charge in [-0.3, -0.25) is 4.79 Å². The van der Waals surface area contributed by atoms with E-state index >= 15 is 0 Å². The Bertz CT molecular complexity index is 821. The topological polar surface area (TPSA) is 67.9 Å². The molecule has 0 saturated carbocycles. The molecule has 1 aliphatic carbocycles. The van der Waals surface area contributed by atoms with Crippen LogP contribution in [0.5, 0.6) is 0 Å². The molecule has 2 aliphatic rings. The Morgan fingerprint density at radius 3 is 2.33 bits per heavy atom. The number of methoxy groups -OCH3 is 1. The van der Waals surface area contributed by atoms with Gasteiger partial charge in [-0.1, -0.05) is 48.5 Å². The van der Waals surface area contributed by atoms with Crippen molar-refractivity contribution in [1.29, 1.82) is 0 Å². The molecule has 2 aromatic carbocycles. The number of piperazine rings is 1. The van der Waals surface area contributed by atoms with Gasteiger partial charge in [0.25, 0.3) is 0 Å². The number of benzene rings is 2. The van der Waals surface area contributed by atoms with Crippen LogP contribution in [0, 0.1) is 0 Å². The van der Waals surface area contributed by atoms with Gasteiger partial charge in [-0.25, -0.2) is 4.79 Å². The number of esters is 1. The van der Waals surface area contributed by atoms with E-state index in [2.05, 4.69) is 29.6 Å². The van der Waals surface area contributed by atoms with Gasteiger partial charge in [0.1, 0.15) is 12.6 Å². The summed E-state index contributed by atoms with van der Waals surface area (Å²) >= 11 is 0. The molecule has 1 saturated heterocycles. The van der Waals surface area contributed by atoms with Crippen molar-refractivity contribution in [3.63, 3.8) is 0 Å². The van der Waals surface area contributed by atoms with Crippen LogP contribution in [0.4, 0.5) is 4.79 Å². The quantitative estimate of drug-likeness (QED) is 0.845. The molecule has 0 radical (unpaired) electrons. The Hall–Kier alpha value is -2.86. The predicted octanol–water partition coefficient (Wildman–Crippen LogP) is 2.38. The first kappa shape index (κ1) is 17.5. The number of carbonyl (C=O) groups excluding carboxylic acids is 2. The molecule has 2 aromatic rings. The molecule has 0 aromatic heterocycles. The van der Waals surface area contributed by atoms with Crippen molar-refractivity contribution < 1.29 is 19.1 Å². The van der Waals surface area contributed by atoms with Crippen molar-refractivity contribution in [2.45, 2.75) is 12.0 Å². The third kappa shape index (κ3) is 3.28. The second kappa shape index (κ2) is 7.40. The SMILES string of the molecule is COC(=O)[C@H]1CN(C(=O)OCC2c3ccccc3-c3ccccc32)CCN1. The molecule has 1 heterocycles. The van der Waals surface area contributed by atoms with E-state index in [0.29, 0.717) is 13.1 Å². The number of nitrogens with zero attached hydrogens (tertiary/aromatic N) is 1. The summed E-state index contributed by atoms with van der Waals surface area (Å²) in [6, 6.07) is 15.9. The summed E-state index contributed by atoms with van der Waals surface area (Å²) in [4.78, 5) is 25.8. The van der Waals surface area contributed by atoms with E-state index in [1.165, 1.54) is 29.4 Å². The lowest BCUT2D eigenvalue weighted by atomic mass is 9.98. The van der Waals surface area contributed by atoms with Crippen molar-refractivity contribution in [3.05, 3.63) is 59.7 Å². The van der Waals surface area contributed by atoms with Crippen molar-refractivity contribution in [3.8, 4) is 11.1 Å². The second-order valence-corrected chi connectivity index (χ2v) is 6.78. The molecule has 1 N–H and O–H groups in total. The van der Waals surface area contributed by atoms with Crippen LogP contribution in [-0.4, -0.2) is 56.4 Å². The standard InChI is InChI=1S/C21H22N2O4/c1-26-20(24)19-12-23(11-10-22-19)21(25)27-13-18-16-8-4-2-6-14(16)15-7-3-5-9-17(15)18/h2-9,18-19,22H,10-13H2,1H3/t19-/m1/s1. The maximum absolute atomic E-state index is 12.6. The minimum atomic E-state index is -0.510. The monoisotopic (exact) mass is 366 g/mol. The molecule has 0 unspecified atom stereocenters. The van der Waals surface area contributed by atoms with Crippen LogP contribution in [0.3, 0.4) is 0 Å². The maximum Gasteiger partial charge on any atom is 0.409 e. The van der Waals surface area contributed by atoms with E-state index in [1.807, 2.05) is 24.3 Å². The molecule has 1 atom stereocenters. The Morgan fingerprint density at radius 1 is 1.07 bits per heavy atom. The van der Waals surface area contributed by atoms with Gasteiger partial charge in [0.15, 0.2) is 0 Å². The first-order valence-corrected chi connectivity index (χ1v) is 9.10. The van der Waals surface area contributed by atoms with E-state index in [4.69, 9.17) is 9.47 Å². The van der Waals surface area contributed by atoms with Gasteiger partial charge in [-0.05, 0) is 22.3 Å². The van der Waals surface area contributed by atoms with E-state index in [0.717, 1.165) is 0 Å². The zero-order valence-corrected chi connectivity index (χ0v) is 15.2. The van der Waals surface area contributed by atoms with E-state index < -0.39 is 12.1 Å². The van der Waals surface area contributed by atoms with Crippen molar-refractivity contribution in [2.75, 3.05) is 33.4 Å². The molecule has 6 heteroatoms. The number of fused-ring (bicyclic) bond motifs is 3. The number of nitrogens with one attached hydrogen (secondary N) is 1. The molecule has 6 nitrogen and oxygen atoms in total. The number of rotatable bonds is 3. The fourth-order valence-electron chi connectivity index (χ4n) is 3.90. The van der Waals surface area contributed by atoms with Crippen LogP contribution in [0.2, 0.25) is 0 Å². The van der Waals surface area contributed by atoms with Crippen LogP contribution >= 0.6 is 0 Å². The minimum Gasteiger partial charge on any atom is -0.468 e. The van der Waals surface area contributed by atoms with Gasteiger partial charge in [0, 0.05) is 19.0 Å². The molecule has 0 spiro atoms. The average Bonchev–Trinajstić information content (AvgIpc) is 3.05. The average molecular weight is 366 g/mol. The third-order valence-electron chi connectivity index (χ3n) is 5.26. The van der Waals surface area contributed by atoms with Crippen molar-refractivity contribution >= 4 is 12.1 Å². The molecular formula is C21H22N2O4. The maximum atomic E-state index is 12.6. The summed E-state index contributed by atoms with van der Waals surface area (Å²) in [5.74, 6) is -0.341. The van der Waals surface area contributed by atoms with E-state index in [1.54, 1.807) is 4.90 Å². The molecule has 1 aliphatic heterocycles. The lowest BCUT2D eigenvalue weighted by molar-refractivity contribution is -0.144. The largest absolute Gasteiger partial charge is 0.468 e. The summed E-state index contributed by atoms with van der Waals surface area (Å²) in [6.45, 7) is 1.57. The Balaban J connectivity index is 1.46. The molecule has 140 valence electrons. The second-order valence-electron chi connectivity index (χ2n) is 6.78. The first-order chi connectivity index (χ1) is 13.2. The minimum absolute atomic E-state index is 0.0284. The zero-order valence-electron chi connectivity index (χ0n) is 15.2. The highest BCUT2D eigenvalue weighted by Crippen LogP contribution is 2.44. The third-order valence-corrected chi connectivity index (χ3v) is 5.26. The summed E-state index contributed by atoms with van der Waals surface area (Å²) in [5, 5.41) is 3.05. The number of hydrogen-bond acceptors (Lipinski definition) is 5. The smallest absolute Gasteiger partial charge is 0.409 e. The Morgan fingerprint density at radius 2 is 1.70 bits per heavy atom. The first-order valence-electron chi connectivity index (χ1n) is 9.10. The fourth-order valence-corrected chi connectivity index (χ4v) is 3.90. The van der Waals surface area contributed by atoms with Gasteiger partial charge in [0.2, 0.25) is 0 Å². The van der Waals surface area contributed by atoms with Crippen molar-refractivity contribution in [2.24, 2.45) is 0 Å². The lowest BCUT2D eigenvalue weighted by Gasteiger charge is -2.31. The highest BCUT2D eigenvalue weighted by Gasteiger charge is 2.32. The number of amides is 1. The van der Waals surface area contributed by atoms with Crippen LogP contribution in [0.1, 0.15) is 17.0 Å². The van der Waals surface area contributed by atoms with Crippen LogP contribution in [0.25, 0.3) is 11.1 Å². The molecular weight excluding hydrogens is 344 g/mol. The normalized spacial score (nSPS) is 18.6. The Labute approximate surface area is 158 Å². The van der Waals surface area contributed by atoms with Crippen LogP contribution in [-0.2, 0) is 14.3 Å². The van der Waals surface area contributed by atoms with Gasteiger partial charge in [-0.15, -0.1) is 0 Å². The molecule has 27 heavy (non-hydrogen) atoms. The molecule has 1 fully saturated rings. The van der Waals surface area contributed by atoms with Gasteiger partial charge < -0.3 is 19.7 Å². The molecule has 1 amide bonds. The van der Waals surface area contributed by atoms with E-state index in [-0.39, 0.29) is 25.0 Å². The lowest BCUT2D eigenvalue weighted by Crippen LogP contribution is -2.56. The number of ether oxygens (including phenoxy) is 2. The van der Waals surface area contributed by atoms with Crippen molar-refractivity contribution in [1.82, 2.24) is 10.2 Å². The summed E-state index contributed by atoms with van der Waals surface area (Å²) in [5.41, 5.74) is 4.75. The van der Waals surface area contributed by atoms with Gasteiger partial charge >= 0.3 is 12.1 Å². The highest BCUT2D eigenvalue weighted by molar-refractivity contribution is 5.79. The van der Waals surface area contributed by atoms with Crippen LogP contribution < -0.4 is 5.32 Å². The Kier molecular flexibility index (Phi) is 4.81. The molecule has 4 rings (SSSR count). The van der Waals surface area contributed by atoms with Crippen LogP contribution in [0.15, 0.2) is 48.5 Å². The summed E-state index contributed by atoms with van der Waals surface area (Å²) in [6.07, 6.45) is -0.396.